The highest BCUT2D eigenvalue weighted by Gasteiger charge is 2.12. The first-order chi connectivity index (χ1) is 10.1. The second kappa shape index (κ2) is 5.92. The number of rotatable bonds is 4. The summed E-state index contributed by atoms with van der Waals surface area (Å²) < 4.78 is 14.5. The molecular weight excluding hydrogens is 283 g/mol. The zero-order chi connectivity index (χ0) is 14.8. The van der Waals surface area contributed by atoms with Crippen LogP contribution in [0.15, 0.2) is 48.0 Å². The van der Waals surface area contributed by atoms with Gasteiger partial charge in [-0.25, -0.2) is 4.39 Å². The number of aromatic nitrogens is 1. The summed E-state index contributed by atoms with van der Waals surface area (Å²) >= 11 is 1.70. The molecule has 4 heteroatoms. The van der Waals surface area contributed by atoms with E-state index < -0.39 is 0 Å². The molecule has 1 N–H and O–H groups in total. The molecule has 2 heterocycles. The topological polar surface area (TPSA) is 24.9 Å². The van der Waals surface area contributed by atoms with Crippen LogP contribution < -0.4 is 5.32 Å². The molecule has 0 aliphatic rings. The molecule has 0 radical (unpaired) electrons. The molecule has 0 amide bonds. The summed E-state index contributed by atoms with van der Waals surface area (Å²) in [6, 6.07) is 11.2. The average molecular weight is 300 g/mol. The maximum Gasteiger partial charge on any atom is 0.123 e. The van der Waals surface area contributed by atoms with Gasteiger partial charge in [0.15, 0.2) is 0 Å². The number of halogens is 1. The molecule has 0 saturated heterocycles. The van der Waals surface area contributed by atoms with Crippen molar-refractivity contribution in [1.29, 1.82) is 0 Å². The Bertz CT molecular complexity index is 753. The molecule has 0 aliphatic heterocycles. The first-order valence-corrected chi connectivity index (χ1v) is 7.86. The van der Waals surface area contributed by atoms with Crippen molar-refractivity contribution in [3.63, 3.8) is 0 Å². The SMILES string of the molecule is CC(N[C@H](C)c1cccc(F)c1)c1cnc2ccsc2c1. The Morgan fingerprint density at radius 3 is 2.71 bits per heavy atom. The van der Waals surface area contributed by atoms with Crippen LogP contribution in [0.3, 0.4) is 0 Å². The molecule has 3 rings (SSSR count). The number of hydrogen-bond donors (Lipinski definition) is 1. The van der Waals surface area contributed by atoms with Crippen molar-refractivity contribution >= 4 is 21.6 Å². The minimum absolute atomic E-state index is 0.0785. The lowest BCUT2D eigenvalue weighted by atomic mass is 10.1. The van der Waals surface area contributed by atoms with Gasteiger partial charge in [-0.3, -0.25) is 4.98 Å². The fourth-order valence-corrected chi connectivity index (χ4v) is 3.23. The van der Waals surface area contributed by atoms with Gasteiger partial charge in [0.25, 0.3) is 0 Å². The van der Waals surface area contributed by atoms with E-state index in [4.69, 9.17) is 0 Å². The summed E-state index contributed by atoms with van der Waals surface area (Å²) in [5.41, 5.74) is 3.13. The van der Waals surface area contributed by atoms with E-state index in [-0.39, 0.29) is 17.9 Å². The van der Waals surface area contributed by atoms with E-state index in [1.807, 2.05) is 25.3 Å². The molecule has 2 atom stereocenters. The maximum absolute atomic E-state index is 13.3. The molecule has 0 aliphatic carbocycles. The number of hydrogen-bond acceptors (Lipinski definition) is 3. The van der Waals surface area contributed by atoms with Crippen molar-refractivity contribution in [1.82, 2.24) is 10.3 Å². The van der Waals surface area contributed by atoms with Gasteiger partial charge in [0.05, 0.1) is 10.2 Å². The molecule has 1 aromatic carbocycles. The third-order valence-corrected chi connectivity index (χ3v) is 4.53. The summed E-state index contributed by atoms with van der Waals surface area (Å²) in [6.45, 7) is 4.15. The van der Waals surface area contributed by atoms with Crippen LogP contribution in [0.1, 0.15) is 37.1 Å². The lowest BCUT2D eigenvalue weighted by Crippen LogP contribution is -2.22. The molecule has 3 aromatic rings. The fourth-order valence-electron chi connectivity index (χ4n) is 2.44. The van der Waals surface area contributed by atoms with Gasteiger partial charge in [-0.1, -0.05) is 12.1 Å². The number of fused-ring (bicyclic) bond motifs is 1. The molecule has 0 fully saturated rings. The quantitative estimate of drug-likeness (QED) is 0.745. The monoisotopic (exact) mass is 300 g/mol. The predicted octanol–water partition coefficient (Wildman–Crippen LogP) is 4.85. The molecule has 108 valence electrons. The Hall–Kier alpha value is -1.78. The van der Waals surface area contributed by atoms with Crippen molar-refractivity contribution in [2.45, 2.75) is 25.9 Å². The number of nitrogens with zero attached hydrogens (tertiary/aromatic N) is 1. The number of benzene rings is 1. The average Bonchev–Trinajstić information content (AvgIpc) is 2.94. The maximum atomic E-state index is 13.3. The zero-order valence-electron chi connectivity index (χ0n) is 12.0. The molecule has 2 aromatic heterocycles. The second-order valence-corrected chi connectivity index (χ2v) is 6.19. The zero-order valence-corrected chi connectivity index (χ0v) is 12.8. The number of pyridine rings is 1. The van der Waals surface area contributed by atoms with Crippen LogP contribution in [-0.2, 0) is 0 Å². The fraction of sp³-hybridized carbons (Fsp3) is 0.235. The molecule has 0 saturated carbocycles. The first-order valence-electron chi connectivity index (χ1n) is 6.98. The Morgan fingerprint density at radius 1 is 1.10 bits per heavy atom. The first kappa shape index (κ1) is 14.2. The van der Waals surface area contributed by atoms with Gasteiger partial charge in [0.2, 0.25) is 0 Å². The van der Waals surface area contributed by atoms with Gasteiger partial charge in [0, 0.05) is 18.3 Å². The van der Waals surface area contributed by atoms with Crippen LogP contribution in [0.25, 0.3) is 10.2 Å². The smallest absolute Gasteiger partial charge is 0.123 e. The molecule has 21 heavy (non-hydrogen) atoms. The van der Waals surface area contributed by atoms with E-state index in [0.29, 0.717) is 0 Å². The molecule has 2 nitrogen and oxygen atoms in total. The van der Waals surface area contributed by atoms with Crippen molar-refractivity contribution in [3.05, 3.63) is 64.9 Å². The summed E-state index contributed by atoms with van der Waals surface area (Å²) in [6.07, 6.45) is 1.91. The van der Waals surface area contributed by atoms with E-state index in [2.05, 4.69) is 28.7 Å². The second-order valence-electron chi connectivity index (χ2n) is 5.24. The lowest BCUT2D eigenvalue weighted by molar-refractivity contribution is 0.491. The molecule has 0 bridgehead atoms. The summed E-state index contributed by atoms with van der Waals surface area (Å²) in [5.74, 6) is -0.199. The van der Waals surface area contributed by atoms with E-state index in [0.717, 1.165) is 16.6 Å². The lowest BCUT2D eigenvalue weighted by Gasteiger charge is -2.20. The van der Waals surface area contributed by atoms with Crippen LogP contribution in [0, 0.1) is 5.82 Å². The van der Waals surface area contributed by atoms with E-state index in [9.17, 15) is 4.39 Å². The Morgan fingerprint density at radius 2 is 1.90 bits per heavy atom. The summed E-state index contributed by atoms with van der Waals surface area (Å²) in [5, 5.41) is 5.54. The molecule has 1 unspecified atom stereocenters. The van der Waals surface area contributed by atoms with Gasteiger partial charge in [-0.15, -0.1) is 11.3 Å². The van der Waals surface area contributed by atoms with Crippen molar-refractivity contribution in [3.8, 4) is 0 Å². The summed E-state index contributed by atoms with van der Waals surface area (Å²) in [7, 11) is 0. The van der Waals surface area contributed by atoms with E-state index in [1.54, 1.807) is 23.5 Å². The molecule has 0 spiro atoms. The highest BCUT2D eigenvalue weighted by atomic mass is 32.1. The predicted molar refractivity (Wildman–Crippen MR) is 86.0 cm³/mol. The largest absolute Gasteiger partial charge is 0.304 e. The Kier molecular flexibility index (Phi) is 3.99. The minimum atomic E-state index is -0.199. The molecular formula is C17H17FN2S. The van der Waals surface area contributed by atoms with Crippen LogP contribution in [0.4, 0.5) is 4.39 Å². The number of nitrogens with one attached hydrogen (secondary N) is 1. The van der Waals surface area contributed by atoms with Gasteiger partial charge < -0.3 is 5.32 Å². The standard InChI is InChI=1S/C17H17FN2S/c1-11(13-4-3-5-15(18)8-13)20-12(2)14-9-17-16(19-10-14)6-7-21-17/h3-12,20H,1-2H3/t11-,12?/m1/s1. The van der Waals surface area contributed by atoms with Gasteiger partial charge in [-0.05, 0) is 54.6 Å². The van der Waals surface area contributed by atoms with Crippen LogP contribution in [0.2, 0.25) is 0 Å². The van der Waals surface area contributed by atoms with Crippen LogP contribution in [0.5, 0.6) is 0 Å². The van der Waals surface area contributed by atoms with E-state index >= 15 is 0 Å². The Labute approximate surface area is 127 Å². The van der Waals surface area contributed by atoms with Gasteiger partial charge in [0.1, 0.15) is 5.82 Å². The third kappa shape index (κ3) is 3.12. The normalized spacial score (nSPS) is 14.2. The van der Waals surface area contributed by atoms with Gasteiger partial charge in [-0.2, -0.15) is 0 Å². The highest BCUT2D eigenvalue weighted by molar-refractivity contribution is 7.17. The summed E-state index contributed by atoms with van der Waals surface area (Å²) in [4.78, 5) is 4.47. The van der Waals surface area contributed by atoms with Crippen molar-refractivity contribution in [2.75, 3.05) is 0 Å². The minimum Gasteiger partial charge on any atom is -0.304 e. The van der Waals surface area contributed by atoms with Crippen molar-refractivity contribution in [2.24, 2.45) is 0 Å². The van der Waals surface area contributed by atoms with Crippen LogP contribution >= 0.6 is 11.3 Å². The van der Waals surface area contributed by atoms with Crippen molar-refractivity contribution < 1.29 is 4.39 Å². The van der Waals surface area contributed by atoms with Gasteiger partial charge >= 0.3 is 0 Å². The van der Waals surface area contributed by atoms with Crippen LogP contribution in [-0.4, -0.2) is 4.98 Å². The Balaban J connectivity index is 1.77. The highest BCUT2D eigenvalue weighted by Crippen LogP contribution is 2.24. The third-order valence-electron chi connectivity index (χ3n) is 3.67. The number of thiophene rings is 1. The van der Waals surface area contributed by atoms with E-state index in [1.165, 1.54) is 10.8 Å².